The van der Waals surface area contributed by atoms with Crippen LogP contribution in [-0.2, 0) is 16.1 Å². The van der Waals surface area contributed by atoms with Gasteiger partial charge in [0.15, 0.2) is 0 Å². The lowest BCUT2D eigenvalue weighted by Gasteiger charge is -2.05. The van der Waals surface area contributed by atoms with Gasteiger partial charge in [0.1, 0.15) is 11.5 Å². The second-order valence-corrected chi connectivity index (χ2v) is 6.67. The van der Waals surface area contributed by atoms with Crippen LogP contribution in [0.5, 0.6) is 0 Å². The monoisotopic (exact) mass is 388 g/mol. The summed E-state index contributed by atoms with van der Waals surface area (Å²) in [5, 5.41) is 10.1. The number of carboxylic acid groups (broad SMARTS) is 1. The van der Waals surface area contributed by atoms with Crippen LogP contribution in [0.3, 0.4) is 0 Å². The van der Waals surface area contributed by atoms with Gasteiger partial charge in [0, 0.05) is 22.7 Å². The molecule has 2 aromatic carbocycles. The number of hydrogen-bond acceptors (Lipinski definition) is 4. The number of oxazole rings is 1. The largest absolute Gasteiger partial charge is 0.490 e. The number of aryl methyl sites for hydroxylation is 1. The molecule has 0 saturated carbocycles. The van der Waals surface area contributed by atoms with Gasteiger partial charge in [-0.05, 0) is 48.9 Å². The Morgan fingerprint density at radius 3 is 2.72 bits per heavy atom. The second-order valence-electron chi connectivity index (χ2n) is 6.67. The molecule has 0 aliphatic rings. The predicted octanol–water partition coefficient (Wildman–Crippen LogP) is 4.72. The van der Waals surface area contributed by atoms with E-state index >= 15 is 0 Å². The highest BCUT2D eigenvalue weighted by Gasteiger charge is 2.13. The average Bonchev–Trinajstić information content (AvgIpc) is 3.30. The third kappa shape index (κ3) is 3.78. The number of benzene rings is 2. The summed E-state index contributed by atoms with van der Waals surface area (Å²) in [7, 11) is 1.35. The van der Waals surface area contributed by atoms with Crippen LogP contribution in [0, 0.1) is 6.92 Å². The fourth-order valence-electron chi connectivity index (χ4n) is 3.25. The molecule has 1 N–H and O–H groups in total. The van der Waals surface area contributed by atoms with Crippen LogP contribution in [0.4, 0.5) is 0 Å². The van der Waals surface area contributed by atoms with Gasteiger partial charge < -0.3 is 18.8 Å². The number of carbonyl (C=O) groups is 1. The van der Waals surface area contributed by atoms with Crippen molar-refractivity contribution in [1.29, 1.82) is 0 Å². The quantitative estimate of drug-likeness (QED) is 0.382. The maximum absolute atomic E-state index is 11.1. The lowest BCUT2D eigenvalue weighted by atomic mass is 10.1. The summed E-state index contributed by atoms with van der Waals surface area (Å²) >= 11 is 0. The average molecular weight is 388 g/mol. The van der Waals surface area contributed by atoms with Crippen LogP contribution in [0.15, 0.2) is 71.0 Å². The molecule has 0 spiro atoms. The summed E-state index contributed by atoms with van der Waals surface area (Å²) in [4.78, 5) is 15.8. The molecule has 0 bridgehead atoms. The standard InChI is InChI=1S/C23H20N2O4/c1-15-19(24-22(29-15)17-6-4-3-5-7-17)14-25-11-10-18-12-16(8-9-20(18)25)13-21(28-2)23(26)27/h3-13H,14H2,1-2H3,(H,26,27)/b21-13-. The number of hydrogen-bond donors (Lipinski definition) is 1. The molecule has 0 unspecified atom stereocenters. The number of carboxylic acids is 1. The van der Waals surface area contributed by atoms with E-state index in [4.69, 9.17) is 14.3 Å². The van der Waals surface area contributed by atoms with Crippen molar-refractivity contribution in [1.82, 2.24) is 9.55 Å². The first-order valence-electron chi connectivity index (χ1n) is 9.15. The van der Waals surface area contributed by atoms with Crippen molar-refractivity contribution in [3.8, 4) is 11.5 Å². The van der Waals surface area contributed by atoms with Crippen molar-refractivity contribution in [2.75, 3.05) is 7.11 Å². The zero-order chi connectivity index (χ0) is 20.4. The molecule has 0 aliphatic carbocycles. The zero-order valence-electron chi connectivity index (χ0n) is 16.1. The molecular formula is C23H20N2O4. The van der Waals surface area contributed by atoms with Crippen molar-refractivity contribution in [2.24, 2.45) is 0 Å². The molecule has 0 aliphatic heterocycles. The van der Waals surface area contributed by atoms with Gasteiger partial charge in [-0.2, -0.15) is 0 Å². The zero-order valence-corrected chi connectivity index (χ0v) is 16.1. The summed E-state index contributed by atoms with van der Waals surface area (Å²) in [6.07, 6.45) is 3.50. The van der Waals surface area contributed by atoms with Gasteiger partial charge in [-0.1, -0.05) is 24.3 Å². The number of ether oxygens (including phenoxy) is 1. The summed E-state index contributed by atoms with van der Waals surface area (Å²) in [5.41, 5.74) is 3.61. The van der Waals surface area contributed by atoms with Crippen molar-refractivity contribution >= 4 is 22.9 Å². The molecule has 4 rings (SSSR count). The van der Waals surface area contributed by atoms with E-state index in [0.29, 0.717) is 12.4 Å². The molecular weight excluding hydrogens is 368 g/mol. The van der Waals surface area contributed by atoms with Crippen LogP contribution in [-0.4, -0.2) is 27.7 Å². The number of aromatic nitrogens is 2. The Balaban J connectivity index is 1.63. The predicted molar refractivity (Wildman–Crippen MR) is 110 cm³/mol. The molecule has 0 saturated heterocycles. The minimum absolute atomic E-state index is 0.101. The van der Waals surface area contributed by atoms with Gasteiger partial charge in [-0.25, -0.2) is 9.78 Å². The fourth-order valence-corrected chi connectivity index (χ4v) is 3.25. The highest BCUT2D eigenvalue weighted by Crippen LogP contribution is 2.24. The fraction of sp³-hybridized carbons (Fsp3) is 0.130. The smallest absolute Gasteiger partial charge is 0.371 e. The van der Waals surface area contributed by atoms with Crippen LogP contribution >= 0.6 is 0 Å². The van der Waals surface area contributed by atoms with Crippen molar-refractivity contribution in [3.05, 3.63) is 83.6 Å². The molecule has 0 radical (unpaired) electrons. The van der Waals surface area contributed by atoms with Gasteiger partial charge in [0.25, 0.3) is 0 Å². The summed E-state index contributed by atoms with van der Waals surface area (Å²) < 4.78 is 12.9. The molecule has 0 fully saturated rings. The van der Waals surface area contributed by atoms with E-state index in [1.165, 1.54) is 13.2 Å². The molecule has 6 nitrogen and oxygen atoms in total. The molecule has 146 valence electrons. The molecule has 4 aromatic rings. The minimum atomic E-state index is -1.10. The number of fused-ring (bicyclic) bond motifs is 1. The van der Waals surface area contributed by atoms with Crippen LogP contribution in [0.25, 0.3) is 28.4 Å². The van der Waals surface area contributed by atoms with Crippen LogP contribution in [0.1, 0.15) is 17.0 Å². The Morgan fingerprint density at radius 1 is 1.21 bits per heavy atom. The maximum Gasteiger partial charge on any atom is 0.371 e. The van der Waals surface area contributed by atoms with Gasteiger partial charge in [0.05, 0.1) is 13.7 Å². The number of rotatable bonds is 6. The van der Waals surface area contributed by atoms with E-state index in [1.807, 2.05) is 67.7 Å². The summed E-state index contributed by atoms with van der Waals surface area (Å²) in [6.45, 7) is 2.50. The number of nitrogens with zero attached hydrogens (tertiary/aromatic N) is 2. The van der Waals surface area contributed by atoms with Crippen LogP contribution < -0.4 is 0 Å². The second kappa shape index (κ2) is 7.67. The lowest BCUT2D eigenvalue weighted by molar-refractivity contribution is -0.135. The number of methoxy groups -OCH3 is 1. The normalized spacial score (nSPS) is 11.7. The molecule has 0 amide bonds. The molecule has 0 atom stereocenters. The van der Waals surface area contributed by atoms with Gasteiger partial charge >= 0.3 is 5.97 Å². The Bertz CT molecular complexity index is 1200. The summed E-state index contributed by atoms with van der Waals surface area (Å²) in [6, 6.07) is 17.6. The third-order valence-corrected chi connectivity index (χ3v) is 4.76. The molecule has 29 heavy (non-hydrogen) atoms. The van der Waals surface area contributed by atoms with E-state index in [1.54, 1.807) is 0 Å². The van der Waals surface area contributed by atoms with Crippen molar-refractivity contribution < 1.29 is 19.1 Å². The Kier molecular flexibility index (Phi) is 4.91. The van der Waals surface area contributed by atoms with Gasteiger partial charge in [0.2, 0.25) is 11.6 Å². The van der Waals surface area contributed by atoms with Gasteiger partial charge in [-0.3, -0.25) is 0 Å². The Hall–Kier alpha value is -3.80. The van der Waals surface area contributed by atoms with E-state index in [2.05, 4.69) is 9.55 Å². The highest BCUT2D eigenvalue weighted by atomic mass is 16.5. The SMILES string of the molecule is CO/C(=C\c1ccc2c(ccn2Cc2nc(-c3ccccc3)oc2C)c1)C(=O)O. The van der Waals surface area contributed by atoms with E-state index in [-0.39, 0.29) is 5.76 Å². The molecule has 6 heteroatoms. The first-order valence-corrected chi connectivity index (χ1v) is 9.15. The first kappa shape index (κ1) is 18.6. The highest BCUT2D eigenvalue weighted by molar-refractivity contribution is 5.91. The third-order valence-electron chi connectivity index (χ3n) is 4.76. The lowest BCUT2D eigenvalue weighted by Crippen LogP contribution is -2.02. The van der Waals surface area contributed by atoms with Crippen molar-refractivity contribution in [2.45, 2.75) is 13.5 Å². The molecule has 2 aromatic heterocycles. The van der Waals surface area contributed by atoms with Crippen molar-refractivity contribution in [3.63, 3.8) is 0 Å². The minimum Gasteiger partial charge on any atom is -0.490 e. The van der Waals surface area contributed by atoms with Gasteiger partial charge in [-0.15, -0.1) is 0 Å². The van der Waals surface area contributed by atoms with E-state index < -0.39 is 5.97 Å². The van der Waals surface area contributed by atoms with E-state index in [0.717, 1.165) is 33.5 Å². The van der Waals surface area contributed by atoms with Crippen LogP contribution in [0.2, 0.25) is 0 Å². The topological polar surface area (TPSA) is 77.5 Å². The summed E-state index contributed by atoms with van der Waals surface area (Å²) in [5.74, 6) is 0.204. The molecule has 2 heterocycles. The first-order chi connectivity index (χ1) is 14.0. The number of aliphatic carboxylic acids is 1. The Morgan fingerprint density at radius 2 is 2.00 bits per heavy atom. The van der Waals surface area contributed by atoms with E-state index in [9.17, 15) is 4.79 Å². The Labute approximate surface area is 167 Å². The maximum atomic E-state index is 11.1.